The SMILES string of the molecule is CCCCCCCCCCNCCc1ccn(C)n1. The highest BCUT2D eigenvalue weighted by Crippen LogP contribution is 2.07. The Morgan fingerprint density at radius 1 is 1.00 bits per heavy atom. The Morgan fingerprint density at radius 3 is 2.32 bits per heavy atom. The van der Waals surface area contributed by atoms with E-state index < -0.39 is 0 Å². The Bertz CT molecular complexity index is 307. The molecule has 0 aromatic carbocycles. The molecule has 0 radical (unpaired) electrons. The summed E-state index contributed by atoms with van der Waals surface area (Å²) in [6, 6.07) is 2.10. The average molecular weight is 265 g/mol. The molecule has 1 aromatic rings. The first-order valence-corrected chi connectivity index (χ1v) is 8.02. The van der Waals surface area contributed by atoms with Crippen molar-refractivity contribution in [2.45, 2.75) is 64.7 Å². The number of hydrogen-bond donors (Lipinski definition) is 1. The van der Waals surface area contributed by atoms with Gasteiger partial charge in [-0.3, -0.25) is 4.68 Å². The molecule has 0 aliphatic carbocycles. The zero-order chi connectivity index (χ0) is 13.8. The van der Waals surface area contributed by atoms with Gasteiger partial charge in [0, 0.05) is 26.2 Å². The largest absolute Gasteiger partial charge is 0.316 e. The molecule has 0 saturated heterocycles. The van der Waals surface area contributed by atoms with Crippen molar-refractivity contribution in [3.63, 3.8) is 0 Å². The third kappa shape index (κ3) is 8.82. The first kappa shape index (κ1) is 16.2. The second-order valence-electron chi connectivity index (χ2n) is 5.46. The molecular formula is C16H31N3. The van der Waals surface area contributed by atoms with Crippen LogP contribution in [-0.4, -0.2) is 22.9 Å². The summed E-state index contributed by atoms with van der Waals surface area (Å²) in [7, 11) is 1.97. The lowest BCUT2D eigenvalue weighted by atomic mass is 10.1. The van der Waals surface area contributed by atoms with E-state index in [-0.39, 0.29) is 0 Å². The number of hydrogen-bond acceptors (Lipinski definition) is 2. The molecule has 0 atom stereocenters. The molecule has 110 valence electrons. The molecule has 3 nitrogen and oxygen atoms in total. The summed E-state index contributed by atoms with van der Waals surface area (Å²) in [4.78, 5) is 0. The quantitative estimate of drug-likeness (QED) is 0.584. The molecule has 0 aliphatic rings. The molecule has 1 heterocycles. The number of rotatable bonds is 12. The summed E-state index contributed by atoms with van der Waals surface area (Å²) in [6.45, 7) is 4.48. The van der Waals surface area contributed by atoms with Crippen LogP contribution >= 0.6 is 0 Å². The average Bonchev–Trinajstić information content (AvgIpc) is 2.82. The Balaban J connectivity index is 1.79. The van der Waals surface area contributed by atoms with Crippen LogP contribution in [0.15, 0.2) is 12.3 Å². The summed E-state index contributed by atoms with van der Waals surface area (Å²) in [6.07, 6.45) is 14.2. The van der Waals surface area contributed by atoms with Gasteiger partial charge in [0.25, 0.3) is 0 Å². The van der Waals surface area contributed by atoms with E-state index in [9.17, 15) is 0 Å². The van der Waals surface area contributed by atoms with Crippen molar-refractivity contribution >= 4 is 0 Å². The van der Waals surface area contributed by atoms with Gasteiger partial charge in [-0.25, -0.2) is 0 Å². The molecular weight excluding hydrogens is 234 g/mol. The van der Waals surface area contributed by atoms with Gasteiger partial charge in [0.15, 0.2) is 0 Å². The summed E-state index contributed by atoms with van der Waals surface area (Å²) in [5.41, 5.74) is 1.19. The van der Waals surface area contributed by atoms with Crippen LogP contribution in [0.5, 0.6) is 0 Å². The summed E-state index contributed by atoms with van der Waals surface area (Å²) < 4.78 is 1.87. The van der Waals surface area contributed by atoms with E-state index in [0.29, 0.717) is 0 Å². The van der Waals surface area contributed by atoms with Crippen molar-refractivity contribution in [1.29, 1.82) is 0 Å². The second-order valence-corrected chi connectivity index (χ2v) is 5.46. The number of nitrogens with zero attached hydrogens (tertiary/aromatic N) is 2. The third-order valence-corrected chi connectivity index (χ3v) is 3.53. The van der Waals surface area contributed by atoms with Gasteiger partial charge in [-0.2, -0.15) is 5.10 Å². The van der Waals surface area contributed by atoms with Crippen molar-refractivity contribution in [3.05, 3.63) is 18.0 Å². The van der Waals surface area contributed by atoms with Crippen molar-refractivity contribution in [2.24, 2.45) is 7.05 Å². The second kappa shape index (κ2) is 11.0. The molecule has 0 aliphatic heterocycles. The van der Waals surface area contributed by atoms with Crippen molar-refractivity contribution in [2.75, 3.05) is 13.1 Å². The molecule has 0 amide bonds. The van der Waals surface area contributed by atoms with E-state index in [1.807, 2.05) is 17.9 Å². The van der Waals surface area contributed by atoms with E-state index >= 15 is 0 Å². The van der Waals surface area contributed by atoms with Crippen LogP contribution < -0.4 is 5.32 Å². The Labute approximate surface area is 118 Å². The molecule has 0 saturated carbocycles. The van der Waals surface area contributed by atoms with Crippen molar-refractivity contribution in [1.82, 2.24) is 15.1 Å². The monoisotopic (exact) mass is 265 g/mol. The van der Waals surface area contributed by atoms with E-state index in [1.54, 1.807) is 0 Å². The van der Waals surface area contributed by atoms with Gasteiger partial charge in [-0.1, -0.05) is 51.9 Å². The number of aromatic nitrogens is 2. The molecule has 0 bridgehead atoms. The zero-order valence-corrected chi connectivity index (χ0v) is 12.8. The molecule has 1 rings (SSSR count). The Kier molecular flexibility index (Phi) is 9.42. The molecule has 0 fully saturated rings. The van der Waals surface area contributed by atoms with E-state index in [1.165, 1.54) is 57.1 Å². The highest BCUT2D eigenvalue weighted by molar-refractivity contribution is 4.98. The molecule has 3 heteroatoms. The molecule has 0 spiro atoms. The van der Waals surface area contributed by atoms with Gasteiger partial charge in [-0.05, 0) is 19.0 Å². The minimum Gasteiger partial charge on any atom is -0.316 e. The van der Waals surface area contributed by atoms with Crippen LogP contribution in [0.2, 0.25) is 0 Å². The first-order chi connectivity index (χ1) is 9.33. The maximum atomic E-state index is 4.37. The molecule has 1 N–H and O–H groups in total. The van der Waals surface area contributed by atoms with Crippen molar-refractivity contribution < 1.29 is 0 Å². The molecule has 19 heavy (non-hydrogen) atoms. The smallest absolute Gasteiger partial charge is 0.0637 e. The highest BCUT2D eigenvalue weighted by Gasteiger charge is 1.96. The van der Waals surface area contributed by atoms with Crippen LogP contribution in [0.3, 0.4) is 0 Å². The standard InChI is InChI=1S/C16H31N3/c1-3-4-5-6-7-8-9-10-13-17-14-11-16-12-15-19(2)18-16/h12,15,17H,3-11,13-14H2,1-2H3. The van der Waals surface area contributed by atoms with E-state index in [0.717, 1.165) is 19.5 Å². The summed E-state index contributed by atoms with van der Waals surface area (Å²) in [5.74, 6) is 0. The fraction of sp³-hybridized carbons (Fsp3) is 0.812. The third-order valence-electron chi connectivity index (χ3n) is 3.53. The van der Waals surface area contributed by atoms with Gasteiger partial charge < -0.3 is 5.32 Å². The van der Waals surface area contributed by atoms with Gasteiger partial charge in [-0.15, -0.1) is 0 Å². The predicted molar refractivity (Wildman–Crippen MR) is 82.4 cm³/mol. The molecule has 1 aromatic heterocycles. The van der Waals surface area contributed by atoms with E-state index in [2.05, 4.69) is 23.4 Å². The first-order valence-electron chi connectivity index (χ1n) is 8.02. The van der Waals surface area contributed by atoms with Gasteiger partial charge >= 0.3 is 0 Å². The predicted octanol–water partition coefficient (Wildman–Crippen LogP) is 3.69. The van der Waals surface area contributed by atoms with Gasteiger partial charge in [0.1, 0.15) is 0 Å². The number of unbranched alkanes of at least 4 members (excludes halogenated alkanes) is 7. The zero-order valence-electron chi connectivity index (χ0n) is 12.8. The lowest BCUT2D eigenvalue weighted by Gasteiger charge is -2.04. The number of nitrogens with one attached hydrogen (secondary N) is 1. The van der Waals surface area contributed by atoms with Crippen LogP contribution in [-0.2, 0) is 13.5 Å². The van der Waals surface area contributed by atoms with Crippen LogP contribution in [0.25, 0.3) is 0 Å². The maximum absolute atomic E-state index is 4.37. The van der Waals surface area contributed by atoms with Crippen LogP contribution in [0, 0.1) is 0 Å². The van der Waals surface area contributed by atoms with Gasteiger partial charge in [0.05, 0.1) is 5.69 Å². The Morgan fingerprint density at radius 2 is 1.68 bits per heavy atom. The lowest BCUT2D eigenvalue weighted by molar-refractivity contribution is 0.554. The van der Waals surface area contributed by atoms with Crippen LogP contribution in [0.4, 0.5) is 0 Å². The normalized spacial score (nSPS) is 11.1. The lowest BCUT2D eigenvalue weighted by Crippen LogP contribution is -2.18. The highest BCUT2D eigenvalue weighted by atomic mass is 15.2. The van der Waals surface area contributed by atoms with Gasteiger partial charge in [0.2, 0.25) is 0 Å². The topological polar surface area (TPSA) is 29.9 Å². The van der Waals surface area contributed by atoms with Crippen LogP contribution in [0.1, 0.15) is 64.0 Å². The number of aryl methyl sites for hydroxylation is 1. The fourth-order valence-electron chi connectivity index (χ4n) is 2.32. The summed E-state index contributed by atoms with van der Waals surface area (Å²) >= 11 is 0. The maximum Gasteiger partial charge on any atom is 0.0637 e. The summed E-state index contributed by atoms with van der Waals surface area (Å²) in [5, 5.41) is 7.88. The van der Waals surface area contributed by atoms with Crippen molar-refractivity contribution in [3.8, 4) is 0 Å². The minimum absolute atomic E-state index is 1.04. The molecule has 0 unspecified atom stereocenters. The Hall–Kier alpha value is -0.830. The fourth-order valence-corrected chi connectivity index (χ4v) is 2.32. The minimum atomic E-state index is 1.04. The van der Waals surface area contributed by atoms with E-state index in [4.69, 9.17) is 0 Å².